The number of Topliss-reactive ketones (excluding diaryl/α,β-unsaturated/α-hetero) is 1. The molecule has 0 radical (unpaired) electrons. The molecule has 0 bridgehead atoms. The summed E-state index contributed by atoms with van der Waals surface area (Å²) in [5.41, 5.74) is 3.37. The van der Waals surface area contributed by atoms with Gasteiger partial charge in [-0.05, 0) is 49.4 Å². The molecule has 0 fully saturated rings. The number of fused-ring (bicyclic) bond motifs is 3. The molecule has 0 saturated carbocycles. The van der Waals surface area contributed by atoms with E-state index >= 15 is 0 Å². The minimum Gasteiger partial charge on any atom is -0.317 e. The second kappa shape index (κ2) is 8.39. The van der Waals surface area contributed by atoms with Crippen LogP contribution in [0.1, 0.15) is 54.4 Å². The van der Waals surface area contributed by atoms with Gasteiger partial charge in [-0.3, -0.25) is 14.0 Å². The summed E-state index contributed by atoms with van der Waals surface area (Å²) in [5, 5.41) is 8.18. The van der Waals surface area contributed by atoms with Crippen LogP contribution >= 0.6 is 0 Å². The number of aromatic nitrogens is 4. The van der Waals surface area contributed by atoms with Crippen LogP contribution in [0.25, 0.3) is 16.7 Å². The number of unbranched alkanes of at least 4 members (excludes halogenated alkanes) is 1. The largest absolute Gasteiger partial charge is 0.317 e. The van der Waals surface area contributed by atoms with Crippen molar-refractivity contribution in [1.82, 2.24) is 19.6 Å². The van der Waals surface area contributed by atoms with E-state index in [1.165, 1.54) is 5.56 Å². The lowest BCUT2D eigenvalue weighted by Crippen LogP contribution is -2.12. The molecule has 2 aromatic heterocycles. The van der Waals surface area contributed by atoms with Crippen molar-refractivity contribution >= 4 is 22.5 Å². The third-order valence-electron chi connectivity index (χ3n) is 5.18. The fraction of sp³-hybridized carbons (Fsp3) is 0.304. The Morgan fingerprint density at radius 2 is 1.86 bits per heavy atom. The Balaban J connectivity index is 1.52. The summed E-state index contributed by atoms with van der Waals surface area (Å²) in [4.78, 5) is 27.9. The summed E-state index contributed by atoms with van der Waals surface area (Å²) in [6.07, 6.45) is 4.94. The second-order valence-electron chi connectivity index (χ2n) is 7.33. The van der Waals surface area contributed by atoms with Gasteiger partial charge in [0.2, 0.25) is 5.65 Å². The predicted molar refractivity (Wildman–Crippen MR) is 113 cm³/mol. The Morgan fingerprint density at radius 3 is 2.66 bits per heavy atom. The Bertz CT molecular complexity index is 1210. The van der Waals surface area contributed by atoms with Crippen molar-refractivity contribution in [3.63, 3.8) is 0 Å². The van der Waals surface area contributed by atoms with Gasteiger partial charge < -0.3 is 4.98 Å². The van der Waals surface area contributed by atoms with Crippen LogP contribution < -0.4 is 5.56 Å². The Labute approximate surface area is 168 Å². The van der Waals surface area contributed by atoms with Gasteiger partial charge in [-0.15, -0.1) is 10.2 Å². The first-order chi connectivity index (χ1) is 14.2. The highest BCUT2D eigenvalue weighted by Gasteiger charge is 2.14. The fourth-order valence-corrected chi connectivity index (χ4v) is 3.69. The van der Waals surface area contributed by atoms with Gasteiger partial charge in [-0.25, -0.2) is 0 Å². The normalized spacial score (nSPS) is 11.3. The highest BCUT2D eigenvalue weighted by Crippen LogP contribution is 2.18. The van der Waals surface area contributed by atoms with Crippen LogP contribution in [0, 0.1) is 0 Å². The van der Waals surface area contributed by atoms with Crippen LogP contribution in [-0.2, 0) is 12.8 Å². The minimum atomic E-state index is -0.292. The van der Waals surface area contributed by atoms with Crippen molar-refractivity contribution in [3.8, 4) is 0 Å². The molecule has 29 heavy (non-hydrogen) atoms. The lowest BCUT2D eigenvalue weighted by atomic mass is 10.0. The van der Waals surface area contributed by atoms with E-state index < -0.39 is 0 Å². The average Bonchev–Trinajstić information content (AvgIpc) is 3.16. The molecule has 2 aromatic carbocycles. The zero-order valence-electron chi connectivity index (χ0n) is 16.5. The van der Waals surface area contributed by atoms with E-state index in [2.05, 4.69) is 34.2 Å². The molecular weight excluding hydrogens is 364 g/mol. The molecule has 6 nitrogen and oxygen atoms in total. The minimum absolute atomic E-state index is 0.0958. The molecular formula is C23H24N4O2. The molecule has 4 aromatic rings. The van der Waals surface area contributed by atoms with E-state index in [9.17, 15) is 9.59 Å². The second-order valence-corrected chi connectivity index (χ2v) is 7.33. The molecule has 1 N–H and O–H groups in total. The number of H-pyrrole nitrogens is 1. The average molecular weight is 388 g/mol. The highest BCUT2D eigenvalue weighted by molar-refractivity contribution is 5.99. The van der Waals surface area contributed by atoms with Crippen LogP contribution in [0.15, 0.2) is 53.3 Å². The molecule has 0 atom stereocenters. The van der Waals surface area contributed by atoms with Crippen molar-refractivity contribution in [2.24, 2.45) is 0 Å². The Kier molecular flexibility index (Phi) is 5.51. The maximum atomic E-state index is 12.6. The number of ketones is 1. The zero-order valence-corrected chi connectivity index (χ0v) is 16.5. The van der Waals surface area contributed by atoms with E-state index in [0.717, 1.165) is 43.4 Å². The maximum absolute atomic E-state index is 12.6. The van der Waals surface area contributed by atoms with Gasteiger partial charge in [0.25, 0.3) is 5.56 Å². The van der Waals surface area contributed by atoms with Crippen molar-refractivity contribution < 1.29 is 4.79 Å². The number of carbonyl (C=O) groups excluding carboxylic acids is 1. The number of rotatable bonds is 8. The quantitative estimate of drug-likeness (QED) is 0.364. The third kappa shape index (κ3) is 3.97. The topological polar surface area (TPSA) is 80.1 Å². The molecule has 0 spiro atoms. The molecule has 148 valence electrons. The molecule has 0 aliphatic heterocycles. The van der Waals surface area contributed by atoms with Gasteiger partial charge in [-0.2, -0.15) is 0 Å². The first kappa shape index (κ1) is 19.1. The molecule has 0 saturated heterocycles. The number of carbonyl (C=O) groups is 1. The van der Waals surface area contributed by atoms with E-state index in [-0.39, 0.29) is 11.3 Å². The number of hydrogen-bond donors (Lipinski definition) is 1. The molecule has 0 aliphatic rings. The monoisotopic (exact) mass is 388 g/mol. The van der Waals surface area contributed by atoms with Crippen molar-refractivity contribution in [1.29, 1.82) is 0 Å². The number of hydrogen-bond acceptors (Lipinski definition) is 4. The van der Waals surface area contributed by atoms with Crippen LogP contribution in [0.5, 0.6) is 0 Å². The number of aromatic amines is 1. The predicted octanol–water partition coefficient (Wildman–Crippen LogP) is 4.12. The van der Waals surface area contributed by atoms with Crippen LogP contribution in [0.4, 0.5) is 0 Å². The summed E-state index contributed by atoms with van der Waals surface area (Å²) in [6, 6.07) is 15.8. The molecule has 0 aliphatic carbocycles. The SMILES string of the molecule is CCCc1nnc2c(=O)[nH]c3cc(C(=O)CCCCc4ccccc4)ccc3n12. The molecule has 4 rings (SSSR count). The Morgan fingerprint density at radius 1 is 1.03 bits per heavy atom. The summed E-state index contributed by atoms with van der Waals surface area (Å²) >= 11 is 0. The number of benzene rings is 2. The highest BCUT2D eigenvalue weighted by atomic mass is 16.1. The first-order valence-electron chi connectivity index (χ1n) is 10.1. The van der Waals surface area contributed by atoms with E-state index in [1.807, 2.05) is 30.3 Å². The first-order valence-corrected chi connectivity index (χ1v) is 10.1. The van der Waals surface area contributed by atoms with Crippen LogP contribution in [0.2, 0.25) is 0 Å². The lowest BCUT2D eigenvalue weighted by Gasteiger charge is -2.07. The standard InChI is InChI=1S/C23H24N4O2/c1-2-8-21-25-26-22-23(29)24-18-15-17(13-14-19(18)27(21)22)20(28)12-7-6-11-16-9-4-3-5-10-16/h3-5,9-10,13-15H,2,6-8,11-12H2,1H3,(H,24,29). The Hall–Kier alpha value is -3.28. The maximum Gasteiger partial charge on any atom is 0.294 e. The smallest absolute Gasteiger partial charge is 0.294 e. The molecule has 2 heterocycles. The van der Waals surface area contributed by atoms with Crippen molar-refractivity contribution in [2.45, 2.75) is 45.4 Å². The lowest BCUT2D eigenvalue weighted by molar-refractivity contribution is 0.0979. The summed E-state index contributed by atoms with van der Waals surface area (Å²) in [7, 11) is 0. The van der Waals surface area contributed by atoms with Gasteiger partial charge in [0.15, 0.2) is 5.78 Å². The fourth-order valence-electron chi connectivity index (χ4n) is 3.69. The van der Waals surface area contributed by atoms with Gasteiger partial charge in [0.1, 0.15) is 5.82 Å². The van der Waals surface area contributed by atoms with Crippen molar-refractivity contribution in [2.75, 3.05) is 0 Å². The number of nitrogens with zero attached hydrogens (tertiary/aromatic N) is 3. The summed E-state index contributed by atoms with van der Waals surface area (Å²) in [5.74, 6) is 0.858. The zero-order chi connectivity index (χ0) is 20.2. The van der Waals surface area contributed by atoms with E-state index in [4.69, 9.17) is 0 Å². The molecule has 0 unspecified atom stereocenters. The van der Waals surface area contributed by atoms with Gasteiger partial charge in [-0.1, -0.05) is 37.3 Å². The van der Waals surface area contributed by atoms with E-state index in [1.54, 1.807) is 10.5 Å². The molecule has 0 amide bonds. The van der Waals surface area contributed by atoms with Crippen LogP contribution in [0.3, 0.4) is 0 Å². The number of aryl methyl sites for hydroxylation is 2. The summed E-state index contributed by atoms with van der Waals surface area (Å²) < 4.78 is 1.80. The van der Waals surface area contributed by atoms with Gasteiger partial charge >= 0.3 is 0 Å². The molecule has 6 heteroatoms. The van der Waals surface area contributed by atoms with Gasteiger partial charge in [0.05, 0.1) is 11.0 Å². The van der Waals surface area contributed by atoms with Gasteiger partial charge in [0, 0.05) is 18.4 Å². The van der Waals surface area contributed by atoms with Crippen LogP contribution in [-0.4, -0.2) is 25.4 Å². The van der Waals surface area contributed by atoms with E-state index in [0.29, 0.717) is 23.1 Å². The third-order valence-corrected chi connectivity index (χ3v) is 5.18. The summed E-state index contributed by atoms with van der Waals surface area (Å²) in [6.45, 7) is 2.06. The number of nitrogens with one attached hydrogen (secondary N) is 1. The van der Waals surface area contributed by atoms with Crippen molar-refractivity contribution in [3.05, 3.63) is 75.8 Å².